The molecular formula is C14H17NO5S. The minimum absolute atomic E-state index is 0.0114. The molecule has 0 spiro atoms. The molecule has 1 atom stereocenters. The molecule has 0 aromatic heterocycles. The highest BCUT2D eigenvalue weighted by Gasteiger charge is 2.23. The van der Waals surface area contributed by atoms with Crippen LogP contribution in [0.15, 0.2) is 23.1 Å². The molecule has 1 aromatic rings. The zero-order valence-corrected chi connectivity index (χ0v) is 12.6. The van der Waals surface area contributed by atoms with Gasteiger partial charge in [-0.3, -0.25) is 10.1 Å². The van der Waals surface area contributed by atoms with E-state index < -0.39 is 10.9 Å². The molecule has 0 saturated carbocycles. The van der Waals surface area contributed by atoms with Crippen molar-refractivity contribution in [2.45, 2.75) is 30.3 Å². The number of hydrogen-bond acceptors (Lipinski definition) is 6. The first-order valence-corrected chi connectivity index (χ1v) is 7.95. The number of hydrogen-bond donors (Lipinski definition) is 0. The Kier molecular flexibility index (Phi) is 5.58. The smallest absolute Gasteiger partial charge is 0.345 e. The lowest BCUT2D eigenvalue weighted by molar-refractivity contribution is -0.385. The van der Waals surface area contributed by atoms with Gasteiger partial charge in [-0.25, -0.2) is 4.79 Å². The van der Waals surface area contributed by atoms with E-state index in [1.807, 2.05) is 6.26 Å². The summed E-state index contributed by atoms with van der Waals surface area (Å²) in [5, 5.41) is 11.0. The minimum Gasteiger partial charge on any atom is -0.459 e. The molecule has 21 heavy (non-hydrogen) atoms. The lowest BCUT2D eigenvalue weighted by Gasteiger charge is -2.22. The van der Waals surface area contributed by atoms with Crippen molar-refractivity contribution in [3.63, 3.8) is 0 Å². The van der Waals surface area contributed by atoms with Gasteiger partial charge in [-0.1, -0.05) is 0 Å². The molecule has 1 aliphatic heterocycles. The van der Waals surface area contributed by atoms with Crippen LogP contribution in [-0.2, 0) is 9.47 Å². The van der Waals surface area contributed by atoms with Gasteiger partial charge >= 0.3 is 5.97 Å². The fourth-order valence-electron chi connectivity index (χ4n) is 2.15. The summed E-state index contributed by atoms with van der Waals surface area (Å²) in [5.74, 6) is -0.674. The summed E-state index contributed by atoms with van der Waals surface area (Å²) in [7, 11) is 0. The van der Waals surface area contributed by atoms with Gasteiger partial charge in [-0.2, -0.15) is 0 Å². The first kappa shape index (κ1) is 15.8. The number of nitrogens with zero attached hydrogens (tertiary/aromatic N) is 1. The number of ether oxygens (including phenoxy) is 2. The van der Waals surface area contributed by atoms with E-state index in [1.165, 1.54) is 23.9 Å². The molecule has 1 fully saturated rings. The van der Waals surface area contributed by atoms with Crippen LogP contribution in [0.1, 0.15) is 29.6 Å². The fourth-order valence-corrected chi connectivity index (χ4v) is 2.59. The number of nitro benzene ring substituents is 1. The summed E-state index contributed by atoms with van der Waals surface area (Å²) in [6.45, 7) is 0.809. The van der Waals surface area contributed by atoms with Gasteiger partial charge in [-0.15, -0.1) is 11.8 Å². The van der Waals surface area contributed by atoms with Crippen molar-refractivity contribution in [2.24, 2.45) is 0 Å². The molecule has 114 valence electrons. The predicted octanol–water partition coefficient (Wildman–Crippen LogP) is 3.04. The summed E-state index contributed by atoms with van der Waals surface area (Å²) >= 11 is 1.41. The second-order valence-corrected chi connectivity index (χ2v) is 5.61. The van der Waals surface area contributed by atoms with Crippen LogP contribution in [0.3, 0.4) is 0 Å². The number of carbonyl (C=O) groups excluding carboxylic acids is 1. The van der Waals surface area contributed by atoms with Gasteiger partial charge in [0.25, 0.3) is 5.69 Å². The van der Waals surface area contributed by atoms with Gasteiger partial charge in [0.05, 0.1) is 11.0 Å². The third kappa shape index (κ3) is 4.18. The molecule has 0 aliphatic carbocycles. The van der Waals surface area contributed by atoms with Gasteiger partial charge in [0, 0.05) is 17.6 Å². The van der Waals surface area contributed by atoms with Crippen LogP contribution in [0, 0.1) is 10.1 Å². The van der Waals surface area contributed by atoms with E-state index in [-0.39, 0.29) is 24.0 Å². The topological polar surface area (TPSA) is 78.7 Å². The third-order valence-electron chi connectivity index (χ3n) is 3.29. The van der Waals surface area contributed by atoms with E-state index >= 15 is 0 Å². The van der Waals surface area contributed by atoms with Crippen molar-refractivity contribution in [1.82, 2.24) is 0 Å². The minimum atomic E-state index is -0.674. The van der Waals surface area contributed by atoms with E-state index in [0.29, 0.717) is 6.61 Å². The van der Waals surface area contributed by atoms with E-state index in [1.54, 1.807) is 6.07 Å². The zero-order valence-electron chi connectivity index (χ0n) is 11.7. The Hall–Kier alpha value is -1.60. The number of carbonyl (C=O) groups is 1. The maximum atomic E-state index is 12.1. The molecule has 1 saturated heterocycles. The second kappa shape index (κ2) is 7.42. The van der Waals surface area contributed by atoms with Gasteiger partial charge in [0.15, 0.2) is 0 Å². The Morgan fingerprint density at radius 2 is 2.33 bits per heavy atom. The molecule has 0 radical (unpaired) electrons. The van der Waals surface area contributed by atoms with E-state index in [9.17, 15) is 14.9 Å². The average Bonchev–Trinajstić information content (AvgIpc) is 2.52. The summed E-state index contributed by atoms with van der Waals surface area (Å²) in [6.07, 6.45) is 4.65. The largest absolute Gasteiger partial charge is 0.459 e. The molecule has 7 heteroatoms. The van der Waals surface area contributed by atoms with Crippen molar-refractivity contribution < 1.29 is 19.2 Å². The standard InChI is InChI=1S/C14H17NO5S/c1-21-11-5-6-13(15(17)18)12(8-11)14(16)20-9-10-4-2-3-7-19-10/h5-6,8,10H,2-4,7,9H2,1H3. The van der Waals surface area contributed by atoms with Crippen molar-refractivity contribution in [3.8, 4) is 0 Å². The monoisotopic (exact) mass is 311 g/mol. The van der Waals surface area contributed by atoms with Crippen LogP contribution >= 0.6 is 11.8 Å². The van der Waals surface area contributed by atoms with E-state index in [2.05, 4.69) is 0 Å². The van der Waals surface area contributed by atoms with Crippen molar-refractivity contribution in [3.05, 3.63) is 33.9 Å². The highest BCUT2D eigenvalue weighted by atomic mass is 32.2. The Morgan fingerprint density at radius 1 is 1.52 bits per heavy atom. The zero-order chi connectivity index (χ0) is 15.2. The Labute approximate surface area is 127 Å². The lowest BCUT2D eigenvalue weighted by atomic mass is 10.1. The molecule has 1 aromatic carbocycles. The molecule has 6 nitrogen and oxygen atoms in total. The molecule has 2 rings (SSSR count). The first-order valence-electron chi connectivity index (χ1n) is 6.73. The molecule has 0 amide bonds. The molecule has 0 bridgehead atoms. The second-order valence-electron chi connectivity index (χ2n) is 4.73. The van der Waals surface area contributed by atoms with Crippen LogP contribution in [0.25, 0.3) is 0 Å². The van der Waals surface area contributed by atoms with Crippen LogP contribution in [0.2, 0.25) is 0 Å². The molecule has 1 aliphatic rings. The maximum absolute atomic E-state index is 12.1. The molecule has 1 heterocycles. The van der Waals surface area contributed by atoms with Crippen LogP contribution < -0.4 is 0 Å². The average molecular weight is 311 g/mol. The molecule has 0 N–H and O–H groups in total. The van der Waals surface area contributed by atoms with E-state index in [4.69, 9.17) is 9.47 Å². The summed E-state index contributed by atoms with van der Waals surface area (Å²) < 4.78 is 10.7. The number of benzene rings is 1. The van der Waals surface area contributed by atoms with Crippen LogP contribution in [0.4, 0.5) is 5.69 Å². The van der Waals surface area contributed by atoms with Crippen molar-refractivity contribution >= 4 is 23.4 Å². The summed E-state index contributed by atoms with van der Waals surface area (Å²) in [5.41, 5.74) is -0.245. The molecule has 1 unspecified atom stereocenters. The van der Waals surface area contributed by atoms with Gasteiger partial charge in [0.2, 0.25) is 0 Å². The quantitative estimate of drug-likeness (QED) is 0.360. The van der Waals surface area contributed by atoms with Crippen molar-refractivity contribution in [1.29, 1.82) is 0 Å². The number of thioether (sulfide) groups is 1. The fraction of sp³-hybridized carbons (Fsp3) is 0.500. The number of nitro groups is 1. The SMILES string of the molecule is CSc1ccc([N+](=O)[O-])c(C(=O)OCC2CCCCO2)c1. The van der Waals surface area contributed by atoms with Gasteiger partial charge in [-0.05, 0) is 37.7 Å². The Morgan fingerprint density at radius 3 is 2.95 bits per heavy atom. The highest BCUT2D eigenvalue weighted by molar-refractivity contribution is 7.98. The van der Waals surface area contributed by atoms with Gasteiger partial charge < -0.3 is 9.47 Å². The normalized spacial score (nSPS) is 18.2. The number of rotatable bonds is 5. The summed E-state index contributed by atoms with van der Waals surface area (Å²) in [6, 6.07) is 4.44. The highest BCUT2D eigenvalue weighted by Crippen LogP contribution is 2.25. The summed E-state index contributed by atoms with van der Waals surface area (Å²) in [4.78, 5) is 23.3. The van der Waals surface area contributed by atoms with E-state index in [0.717, 1.165) is 24.2 Å². The number of esters is 1. The third-order valence-corrected chi connectivity index (χ3v) is 4.02. The Bertz CT molecular complexity index is 528. The van der Waals surface area contributed by atoms with Crippen molar-refractivity contribution in [2.75, 3.05) is 19.5 Å². The van der Waals surface area contributed by atoms with Gasteiger partial charge in [0.1, 0.15) is 12.2 Å². The molecular weight excluding hydrogens is 294 g/mol. The lowest BCUT2D eigenvalue weighted by Crippen LogP contribution is -2.26. The van der Waals surface area contributed by atoms with Crippen LogP contribution in [0.5, 0.6) is 0 Å². The van der Waals surface area contributed by atoms with Crippen LogP contribution in [-0.4, -0.2) is 36.5 Å². The predicted molar refractivity (Wildman–Crippen MR) is 78.8 cm³/mol. The maximum Gasteiger partial charge on any atom is 0.345 e. The first-order chi connectivity index (χ1) is 10.1. The Balaban J connectivity index is 2.07.